The van der Waals surface area contributed by atoms with Crippen LogP contribution >= 0.6 is 0 Å². The molecule has 2 aromatic rings. The first-order chi connectivity index (χ1) is 11.3. The van der Waals surface area contributed by atoms with Gasteiger partial charge in [0.1, 0.15) is 5.58 Å². The number of nitro benzene ring substituents is 1. The first-order valence-electron chi connectivity index (χ1n) is 7.29. The van der Waals surface area contributed by atoms with Crippen molar-refractivity contribution in [2.45, 2.75) is 20.8 Å². The summed E-state index contributed by atoms with van der Waals surface area (Å²) in [5.74, 6) is -0.632. The minimum Gasteiger partial charge on any atom is -0.475 e. The summed E-state index contributed by atoms with van der Waals surface area (Å²) in [5, 5.41) is 11.6. The minimum atomic E-state index is -0.635. The molecular formula is C16H17NO7. The van der Waals surface area contributed by atoms with Crippen LogP contribution in [-0.2, 0) is 9.53 Å². The Morgan fingerprint density at radius 3 is 2.67 bits per heavy atom. The molecule has 0 radical (unpaired) electrons. The van der Waals surface area contributed by atoms with Crippen LogP contribution in [0.1, 0.15) is 19.4 Å². The van der Waals surface area contributed by atoms with Crippen LogP contribution in [0.25, 0.3) is 11.0 Å². The highest BCUT2D eigenvalue weighted by molar-refractivity contribution is 5.85. The monoisotopic (exact) mass is 335 g/mol. The number of nitro groups is 1. The van der Waals surface area contributed by atoms with Gasteiger partial charge >= 0.3 is 17.3 Å². The highest BCUT2D eigenvalue weighted by Crippen LogP contribution is 2.33. The molecule has 0 aliphatic carbocycles. The third kappa shape index (κ3) is 4.09. The number of fused-ring (bicyclic) bond motifs is 1. The molecule has 0 atom stereocenters. The Kier molecular flexibility index (Phi) is 5.18. The normalized spacial score (nSPS) is 10.8. The summed E-state index contributed by atoms with van der Waals surface area (Å²) < 4.78 is 15.2. The molecule has 0 saturated carbocycles. The summed E-state index contributed by atoms with van der Waals surface area (Å²) in [6.45, 7) is 5.16. The third-order valence-corrected chi connectivity index (χ3v) is 3.15. The van der Waals surface area contributed by atoms with Crippen LogP contribution in [-0.4, -0.2) is 24.1 Å². The quantitative estimate of drug-likeness (QED) is 0.345. The average molecular weight is 335 g/mol. The van der Waals surface area contributed by atoms with Gasteiger partial charge in [-0.25, -0.2) is 9.59 Å². The molecule has 0 saturated heterocycles. The van der Waals surface area contributed by atoms with Crippen molar-refractivity contribution in [1.29, 1.82) is 0 Å². The SMILES string of the molecule is Cc1cc(=O)oc2cc(OCC(=O)OCC(C)C)c([N+](=O)[O-])cc12. The molecule has 0 fully saturated rings. The molecule has 0 N–H and O–H groups in total. The van der Waals surface area contributed by atoms with E-state index in [2.05, 4.69) is 0 Å². The molecule has 0 aliphatic heterocycles. The Hall–Kier alpha value is -2.90. The van der Waals surface area contributed by atoms with Gasteiger partial charge in [0.15, 0.2) is 6.61 Å². The van der Waals surface area contributed by atoms with Gasteiger partial charge in [-0.2, -0.15) is 0 Å². The van der Waals surface area contributed by atoms with Gasteiger partial charge in [0, 0.05) is 23.6 Å². The Morgan fingerprint density at radius 2 is 2.04 bits per heavy atom. The molecule has 0 bridgehead atoms. The van der Waals surface area contributed by atoms with E-state index in [-0.39, 0.29) is 29.5 Å². The van der Waals surface area contributed by atoms with Crippen LogP contribution in [0.4, 0.5) is 5.69 Å². The van der Waals surface area contributed by atoms with Gasteiger partial charge in [-0.1, -0.05) is 13.8 Å². The van der Waals surface area contributed by atoms with E-state index in [0.29, 0.717) is 10.9 Å². The second-order valence-corrected chi connectivity index (χ2v) is 5.69. The fourth-order valence-electron chi connectivity index (χ4n) is 2.03. The van der Waals surface area contributed by atoms with Gasteiger partial charge in [0.2, 0.25) is 5.75 Å². The standard InChI is InChI=1S/C16H17NO7/c1-9(2)7-23-16(19)8-22-14-6-13-11(5-12(14)17(20)21)10(3)4-15(18)24-13/h4-6,9H,7-8H2,1-3H3. The van der Waals surface area contributed by atoms with Crippen LogP contribution in [0.5, 0.6) is 5.75 Å². The molecule has 1 aromatic carbocycles. The first-order valence-corrected chi connectivity index (χ1v) is 7.29. The maximum absolute atomic E-state index is 11.6. The number of ether oxygens (including phenoxy) is 2. The maximum atomic E-state index is 11.6. The second kappa shape index (κ2) is 7.12. The molecule has 0 unspecified atom stereocenters. The summed E-state index contributed by atoms with van der Waals surface area (Å²) >= 11 is 0. The van der Waals surface area contributed by atoms with Crippen LogP contribution in [0.3, 0.4) is 0 Å². The number of carbonyl (C=O) groups excluding carboxylic acids is 1. The summed E-state index contributed by atoms with van der Waals surface area (Å²) in [6.07, 6.45) is 0. The lowest BCUT2D eigenvalue weighted by molar-refractivity contribution is -0.385. The lowest BCUT2D eigenvalue weighted by Gasteiger charge is -2.10. The molecule has 2 rings (SSSR count). The Bertz CT molecular complexity index is 838. The average Bonchev–Trinajstić information content (AvgIpc) is 2.49. The topological polar surface area (TPSA) is 109 Å². The number of nitrogens with zero attached hydrogens (tertiary/aromatic N) is 1. The molecule has 0 amide bonds. The van der Waals surface area contributed by atoms with Crippen molar-refractivity contribution in [2.75, 3.05) is 13.2 Å². The van der Waals surface area contributed by atoms with Crippen molar-refractivity contribution in [3.8, 4) is 5.75 Å². The highest BCUT2D eigenvalue weighted by Gasteiger charge is 2.20. The minimum absolute atomic E-state index is 0.149. The molecule has 128 valence electrons. The van der Waals surface area contributed by atoms with E-state index in [1.54, 1.807) is 6.92 Å². The number of aryl methyl sites for hydroxylation is 1. The zero-order chi connectivity index (χ0) is 17.9. The van der Waals surface area contributed by atoms with Gasteiger partial charge in [0.25, 0.3) is 0 Å². The van der Waals surface area contributed by atoms with E-state index in [1.165, 1.54) is 18.2 Å². The lowest BCUT2D eigenvalue weighted by atomic mass is 10.1. The largest absolute Gasteiger partial charge is 0.475 e. The number of benzene rings is 1. The smallest absolute Gasteiger partial charge is 0.344 e. The molecule has 8 nitrogen and oxygen atoms in total. The first kappa shape index (κ1) is 17.5. The van der Waals surface area contributed by atoms with Gasteiger partial charge in [0.05, 0.1) is 11.5 Å². The van der Waals surface area contributed by atoms with Gasteiger partial charge in [-0.05, 0) is 18.4 Å². The Balaban J connectivity index is 2.31. The fraction of sp³-hybridized carbons (Fsp3) is 0.375. The molecular weight excluding hydrogens is 318 g/mol. The van der Waals surface area contributed by atoms with Crippen LogP contribution in [0.15, 0.2) is 27.4 Å². The van der Waals surface area contributed by atoms with E-state index in [0.717, 1.165) is 0 Å². The van der Waals surface area contributed by atoms with Crippen molar-refractivity contribution < 1.29 is 23.6 Å². The van der Waals surface area contributed by atoms with Gasteiger partial charge in [-0.15, -0.1) is 0 Å². The number of hydrogen-bond donors (Lipinski definition) is 0. The molecule has 24 heavy (non-hydrogen) atoms. The van der Waals surface area contributed by atoms with Crippen molar-refractivity contribution in [3.05, 3.63) is 44.3 Å². The number of hydrogen-bond acceptors (Lipinski definition) is 7. The molecule has 1 aromatic heterocycles. The summed E-state index contributed by atoms with van der Waals surface area (Å²) in [4.78, 5) is 33.6. The maximum Gasteiger partial charge on any atom is 0.344 e. The van der Waals surface area contributed by atoms with Crippen molar-refractivity contribution in [1.82, 2.24) is 0 Å². The van der Waals surface area contributed by atoms with Crippen molar-refractivity contribution in [3.63, 3.8) is 0 Å². The molecule has 0 spiro atoms. The summed E-state index contributed by atoms with van der Waals surface area (Å²) in [7, 11) is 0. The molecule has 0 aliphatic rings. The predicted octanol–water partition coefficient (Wildman–Crippen LogP) is 2.59. The second-order valence-electron chi connectivity index (χ2n) is 5.69. The summed E-state index contributed by atoms with van der Waals surface area (Å²) in [5.41, 5.74) is -0.198. The number of esters is 1. The van der Waals surface area contributed by atoms with E-state index in [1.807, 2.05) is 13.8 Å². The van der Waals surface area contributed by atoms with Gasteiger partial charge < -0.3 is 13.9 Å². The molecule has 8 heteroatoms. The van der Waals surface area contributed by atoms with Crippen LogP contribution in [0.2, 0.25) is 0 Å². The predicted molar refractivity (Wildman–Crippen MR) is 85.2 cm³/mol. The summed E-state index contributed by atoms with van der Waals surface area (Å²) in [6, 6.07) is 3.73. The van der Waals surface area contributed by atoms with E-state index in [9.17, 15) is 19.7 Å². The number of carbonyl (C=O) groups is 1. The zero-order valence-electron chi connectivity index (χ0n) is 13.5. The van der Waals surface area contributed by atoms with Crippen LogP contribution < -0.4 is 10.4 Å². The lowest BCUT2D eigenvalue weighted by Crippen LogP contribution is -2.17. The van der Waals surface area contributed by atoms with Crippen molar-refractivity contribution >= 4 is 22.6 Å². The Labute approximate surface area is 137 Å². The fourth-order valence-corrected chi connectivity index (χ4v) is 2.03. The third-order valence-electron chi connectivity index (χ3n) is 3.15. The molecule has 1 heterocycles. The van der Waals surface area contributed by atoms with E-state index in [4.69, 9.17) is 13.9 Å². The Morgan fingerprint density at radius 1 is 1.33 bits per heavy atom. The zero-order valence-corrected chi connectivity index (χ0v) is 13.5. The van der Waals surface area contributed by atoms with Gasteiger partial charge in [-0.3, -0.25) is 10.1 Å². The van der Waals surface area contributed by atoms with E-state index < -0.39 is 23.1 Å². The van der Waals surface area contributed by atoms with Crippen LogP contribution in [0, 0.1) is 23.0 Å². The van der Waals surface area contributed by atoms with Crippen molar-refractivity contribution in [2.24, 2.45) is 5.92 Å². The highest BCUT2D eigenvalue weighted by atomic mass is 16.6. The number of rotatable bonds is 6. The van der Waals surface area contributed by atoms with E-state index >= 15 is 0 Å².